The first-order valence-electron chi connectivity index (χ1n) is 6.37. The van der Waals surface area contributed by atoms with E-state index in [1.165, 1.54) is 0 Å². The fourth-order valence-electron chi connectivity index (χ4n) is 2.20. The zero-order valence-electron chi connectivity index (χ0n) is 11.9. The maximum Gasteiger partial charge on any atom is 0.157 e. The summed E-state index contributed by atoms with van der Waals surface area (Å²) in [4.78, 5) is 4.42. The summed E-state index contributed by atoms with van der Waals surface area (Å²) in [7, 11) is 3.23. The molecule has 6 heteroatoms. The summed E-state index contributed by atoms with van der Waals surface area (Å²) in [6.45, 7) is 1.90. The minimum Gasteiger partial charge on any atom is -0.497 e. The molecule has 0 N–H and O–H groups in total. The van der Waals surface area contributed by atoms with Crippen LogP contribution in [0.15, 0.2) is 30.3 Å². The van der Waals surface area contributed by atoms with E-state index in [1.54, 1.807) is 24.8 Å². The Kier molecular flexibility index (Phi) is 3.43. The molecular formula is C15H14ClN3O2. The molecule has 0 fully saturated rings. The zero-order chi connectivity index (χ0) is 15.0. The molecule has 5 nitrogen and oxygen atoms in total. The normalized spacial score (nSPS) is 10.9. The van der Waals surface area contributed by atoms with Gasteiger partial charge >= 0.3 is 0 Å². The van der Waals surface area contributed by atoms with Gasteiger partial charge in [0.15, 0.2) is 5.65 Å². The van der Waals surface area contributed by atoms with Crippen molar-refractivity contribution in [2.75, 3.05) is 14.2 Å². The molecule has 0 spiro atoms. The molecule has 0 aliphatic rings. The van der Waals surface area contributed by atoms with Crippen LogP contribution in [0.1, 0.15) is 5.69 Å². The first kappa shape index (κ1) is 13.7. The van der Waals surface area contributed by atoms with Crippen molar-refractivity contribution >= 4 is 17.2 Å². The molecule has 0 unspecified atom stereocenters. The topological polar surface area (TPSA) is 48.7 Å². The van der Waals surface area contributed by atoms with E-state index < -0.39 is 0 Å². The van der Waals surface area contributed by atoms with Crippen LogP contribution in [0, 0.1) is 6.92 Å². The summed E-state index contributed by atoms with van der Waals surface area (Å²) in [6.07, 6.45) is 0. The zero-order valence-corrected chi connectivity index (χ0v) is 12.7. The van der Waals surface area contributed by atoms with Crippen LogP contribution in [0.3, 0.4) is 0 Å². The average Bonchev–Trinajstić information content (AvgIpc) is 2.90. The molecule has 0 aliphatic heterocycles. The van der Waals surface area contributed by atoms with Gasteiger partial charge in [0.2, 0.25) is 0 Å². The fraction of sp³-hybridized carbons (Fsp3) is 0.200. The molecule has 0 radical (unpaired) electrons. The van der Waals surface area contributed by atoms with Crippen LogP contribution in [0.4, 0.5) is 0 Å². The van der Waals surface area contributed by atoms with Crippen LogP contribution in [0.2, 0.25) is 5.15 Å². The Morgan fingerprint density at radius 3 is 2.62 bits per heavy atom. The maximum atomic E-state index is 6.19. The first-order valence-corrected chi connectivity index (χ1v) is 6.75. The Morgan fingerprint density at radius 2 is 1.90 bits per heavy atom. The van der Waals surface area contributed by atoms with Gasteiger partial charge in [0.1, 0.15) is 16.7 Å². The molecule has 108 valence electrons. The molecule has 2 aromatic heterocycles. The largest absolute Gasteiger partial charge is 0.497 e. The number of methoxy groups -OCH3 is 2. The van der Waals surface area contributed by atoms with Crippen molar-refractivity contribution in [3.63, 3.8) is 0 Å². The lowest BCUT2D eigenvalue weighted by molar-refractivity contribution is 0.395. The molecule has 0 aliphatic carbocycles. The van der Waals surface area contributed by atoms with E-state index in [1.807, 2.05) is 31.2 Å². The van der Waals surface area contributed by atoms with Gasteiger partial charge in [-0.05, 0) is 25.1 Å². The van der Waals surface area contributed by atoms with Gasteiger partial charge < -0.3 is 9.47 Å². The molecule has 21 heavy (non-hydrogen) atoms. The number of benzene rings is 1. The molecule has 3 rings (SSSR count). The summed E-state index contributed by atoms with van der Waals surface area (Å²) >= 11 is 6.19. The highest BCUT2D eigenvalue weighted by Crippen LogP contribution is 2.33. The highest BCUT2D eigenvalue weighted by atomic mass is 35.5. The molecule has 0 amide bonds. The average molecular weight is 304 g/mol. The standard InChI is InChI=1S/C15H14ClN3O2/c1-9-6-14(16)19-15(17-9)8-12(18-19)11-5-4-10(20-2)7-13(11)21-3/h4-8H,1-3H3. The molecule has 0 saturated heterocycles. The SMILES string of the molecule is COc1ccc(-c2cc3nc(C)cc(Cl)n3n2)c(OC)c1. The lowest BCUT2D eigenvalue weighted by Gasteiger charge is -2.08. The highest BCUT2D eigenvalue weighted by molar-refractivity contribution is 6.29. The maximum absolute atomic E-state index is 6.19. The van der Waals surface area contributed by atoms with E-state index in [4.69, 9.17) is 21.1 Å². The van der Waals surface area contributed by atoms with Crippen molar-refractivity contribution in [2.45, 2.75) is 6.92 Å². The van der Waals surface area contributed by atoms with Crippen LogP contribution >= 0.6 is 11.6 Å². The predicted molar refractivity (Wildman–Crippen MR) is 81.3 cm³/mol. The van der Waals surface area contributed by atoms with Crippen LogP contribution in [-0.4, -0.2) is 28.8 Å². The second-order valence-corrected chi connectivity index (χ2v) is 4.97. The van der Waals surface area contributed by atoms with Crippen LogP contribution in [0.25, 0.3) is 16.9 Å². The molecule has 0 bridgehead atoms. The van der Waals surface area contributed by atoms with Gasteiger partial charge in [0.25, 0.3) is 0 Å². The molecule has 2 heterocycles. The van der Waals surface area contributed by atoms with E-state index >= 15 is 0 Å². The van der Waals surface area contributed by atoms with Crippen molar-refractivity contribution < 1.29 is 9.47 Å². The molecular weight excluding hydrogens is 290 g/mol. The number of ether oxygens (including phenoxy) is 2. The fourth-order valence-corrected chi connectivity index (χ4v) is 2.48. The van der Waals surface area contributed by atoms with Crippen molar-refractivity contribution in [1.82, 2.24) is 14.6 Å². The third-order valence-electron chi connectivity index (χ3n) is 3.20. The van der Waals surface area contributed by atoms with Gasteiger partial charge in [0.05, 0.1) is 19.9 Å². The lowest BCUT2D eigenvalue weighted by Crippen LogP contribution is -1.94. The third-order valence-corrected chi connectivity index (χ3v) is 3.47. The van der Waals surface area contributed by atoms with E-state index in [0.717, 1.165) is 22.7 Å². The van der Waals surface area contributed by atoms with Gasteiger partial charge in [-0.25, -0.2) is 9.50 Å². The van der Waals surface area contributed by atoms with Crippen molar-refractivity contribution in [1.29, 1.82) is 0 Å². The summed E-state index contributed by atoms with van der Waals surface area (Å²) in [5.74, 6) is 1.41. The van der Waals surface area contributed by atoms with Gasteiger partial charge in [-0.3, -0.25) is 0 Å². The summed E-state index contributed by atoms with van der Waals surface area (Å²) in [5.41, 5.74) is 3.15. The van der Waals surface area contributed by atoms with E-state index in [2.05, 4.69) is 10.1 Å². The number of hydrogen-bond acceptors (Lipinski definition) is 4. The second kappa shape index (κ2) is 5.26. The molecule has 0 saturated carbocycles. The molecule has 3 aromatic rings. The summed E-state index contributed by atoms with van der Waals surface area (Å²) in [5, 5.41) is 5.01. The Labute approximate surface area is 127 Å². The highest BCUT2D eigenvalue weighted by Gasteiger charge is 2.13. The second-order valence-electron chi connectivity index (χ2n) is 4.59. The molecule has 1 aromatic carbocycles. The quantitative estimate of drug-likeness (QED) is 0.696. The van der Waals surface area contributed by atoms with Crippen LogP contribution < -0.4 is 9.47 Å². The number of nitrogens with zero attached hydrogens (tertiary/aromatic N) is 3. The number of aryl methyl sites for hydroxylation is 1. The number of fused-ring (bicyclic) bond motifs is 1. The lowest BCUT2D eigenvalue weighted by atomic mass is 10.1. The Balaban J connectivity index is 2.18. The van der Waals surface area contributed by atoms with E-state index in [9.17, 15) is 0 Å². The van der Waals surface area contributed by atoms with Gasteiger partial charge in [-0.15, -0.1) is 0 Å². The minimum absolute atomic E-state index is 0.524. The third kappa shape index (κ3) is 2.40. The summed E-state index contributed by atoms with van der Waals surface area (Å²) < 4.78 is 12.2. The van der Waals surface area contributed by atoms with E-state index in [0.29, 0.717) is 16.5 Å². The van der Waals surface area contributed by atoms with Crippen molar-refractivity contribution in [2.24, 2.45) is 0 Å². The number of rotatable bonds is 3. The Bertz CT molecular complexity index is 814. The minimum atomic E-state index is 0.524. The predicted octanol–water partition coefficient (Wildman–Crippen LogP) is 3.38. The number of hydrogen-bond donors (Lipinski definition) is 0. The smallest absolute Gasteiger partial charge is 0.157 e. The Hall–Kier alpha value is -2.27. The number of aromatic nitrogens is 3. The summed E-state index contributed by atoms with van der Waals surface area (Å²) in [6, 6.07) is 9.24. The van der Waals surface area contributed by atoms with Crippen LogP contribution in [-0.2, 0) is 0 Å². The van der Waals surface area contributed by atoms with Gasteiger partial charge in [-0.1, -0.05) is 11.6 Å². The first-order chi connectivity index (χ1) is 10.1. The molecule has 0 atom stereocenters. The monoisotopic (exact) mass is 303 g/mol. The van der Waals surface area contributed by atoms with Crippen LogP contribution in [0.5, 0.6) is 11.5 Å². The van der Waals surface area contributed by atoms with E-state index in [-0.39, 0.29) is 0 Å². The number of halogens is 1. The van der Waals surface area contributed by atoms with Gasteiger partial charge in [-0.2, -0.15) is 5.10 Å². The Morgan fingerprint density at radius 1 is 1.10 bits per heavy atom. The van der Waals surface area contributed by atoms with Crippen molar-refractivity contribution in [3.8, 4) is 22.8 Å². The van der Waals surface area contributed by atoms with Gasteiger partial charge in [0, 0.05) is 23.4 Å². The van der Waals surface area contributed by atoms with Crippen molar-refractivity contribution in [3.05, 3.63) is 41.2 Å².